The molecular weight excluding hydrogens is 334 g/mol. The molecule has 1 aromatic heterocycles. The summed E-state index contributed by atoms with van der Waals surface area (Å²) in [5.41, 5.74) is 2.76. The average Bonchev–Trinajstić information content (AvgIpc) is 2.58. The Morgan fingerprint density at radius 2 is 2.06 bits per heavy atom. The minimum Gasteiger partial charge on any atom is -0.321 e. The summed E-state index contributed by atoms with van der Waals surface area (Å²) in [4.78, 5) is 12.6. The van der Waals surface area contributed by atoms with Gasteiger partial charge in [-0.1, -0.05) is 27.5 Å². The highest BCUT2D eigenvalue weighted by molar-refractivity contribution is 9.10. The van der Waals surface area contributed by atoms with Gasteiger partial charge >= 0.3 is 0 Å². The summed E-state index contributed by atoms with van der Waals surface area (Å²) in [5, 5.41) is 5.26. The highest BCUT2D eigenvalue weighted by Crippen LogP contribution is 2.28. The maximum atomic E-state index is 12.1. The molecule has 1 amide bonds. The highest BCUT2D eigenvalue weighted by atomic mass is 79.9. The van der Waals surface area contributed by atoms with E-state index >= 15 is 0 Å². The van der Waals surface area contributed by atoms with Gasteiger partial charge in [-0.25, -0.2) is 0 Å². The van der Waals surface area contributed by atoms with Gasteiger partial charge in [0, 0.05) is 10.2 Å². The summed E-state index contributed by atoms with van der Waals surface area (Å²) in [6.45, 7) is 3.86. The standard InChI is InChI=1S/C13H11BrClNOS/c1-7-3-9(14)5-10(4-7)16-13(17)12-11(15)8(2)6-18-12/h3-6H,1-2H3,(H,16,17). The van der Waals surface area contributed by atoms with E-state index in [9.17, 15) is 4.79 Å². The van der Waals surface area contributed by atoms with Crippen LogP contribution in [-0.2, 0) is 0 Å². The van der Waals surface area contributed by atoms with Crippen LogP contribution in [0.15, 0.2) is 28.1 Å². The fraction of sp³-hybridized carbons (Fsp3) is 0.154. The third-order valence-electron chi connectivity index (χ3n) is 2.41. The van der Waals surface area contributed by atoms with Crippen LogP contribution in [-0.4, -0.2) is 5.91 Å². The summed E-state index contributed by atoms with van der Waals surface area (Å²) in [5.74, 6) is -0.171. The molecule has 0 atom stereocenters. The molecule has 0 saturated carbocycles. The third kappa shape index (κ3) is 2.94. The first-order valence-corrected chi connectivity index (χ1v) is 7.34. The molecular formula is C13H11BrClNOS. The number of nitrogens with one attached hydrogen (secondary N) is 1. The molecule has 1 heterocycles. The first kappa shape index (κ1) is 13.6. The molecule has 2 aromatic rings. The SMILES string of the molecule is Cc1cc(Br)cc(NC(=O)c2scc(C)c2Cl)c1. The molecule has 2 rings (SSSR count). The number of carbonyl (C=O) groups is 1. The summed E-state index contributed by atoms with van der Waals surface area (Å²) in [6, 6.07) is 5.76. The maximum absolute atomic E-state index is 12.1. The van der Waals surface area contributed by atoms with Gasteiger partial charge in [0.15, 0.2) is 0 Å². The van der Waals surface area contributed by atoms with Crippen molar-refractivity contribution in [1.29, 1.82) is 0 Å². The topological polar surface area (TPSA) is 29.1 Å². The zero-order chi connectivity index (χ0) is 13.3. The second-order valence-electron chi connectivity index (χ2n) is 4.03. The van der Waals surface area contributed by atoms with Crippen molar-refractivity contribution in [2.75, 3.05) is 5.32 Å². The highest BCUT2D eigenvalue weighted by Gasteiger charge is 2.14. The number of anilines is 1. The Morgan fingerprint density at radius 1 is 1.33 bits per heavy atom. The number of carbonyl (C=O) groups excluding carboxylic acids is 1. The average molecular weight is 345 g/mol. The van der Waals surface area contributed by atoms with Crippen molar-refractivity contribution < 1.29 is 4.79 Å². The molecule has 0 saturated heterocycles. The molecule has 2 nitrogen and oxygen atoms in total. The predicted molar refractivity (Wildman–Crippen MR) is 80.9 cm³/mol. The number of benzene rings is 1. The normalized spacial score (nSPS) is 10.4. The summed E-state index contributed by atoms with van der Waals surface area (Å²) in [6.07, 6.45) is 0. The smallest absolute Gasteiger partial charge is 0.267 e. The van der Waals surface area contributed by atoms with Crippen molar-refractivity contribution in [1.82, 2.24) is 0 Å². The van der Waals surface area contributed by atoms with E-state index < -0.39 is 0 Å². The lowest BCUT2D eigenvalue weighted by atomic mass is 10.2. The molecule has 18 heavy (non-hydrogen) atoms. The van der Waals surface area contributed by atoms with Crippen LogP contribution in [0.3, 0.4) is 0 Å². The molecule has 0 spiro atoms. The second-order valence-corrected chi connectivity index (χ2v) is 6.21. The van der Waals surface area contributed by atoms with Gasteiger partial charge in [0.05, 0.1) is 5.02 Å². The number of hydrogen-bond acceptors (Lipinski definition) is 2. The molecule has 0 aliphatic heterocycles. The first-order chi connectivity index (χ1) is 8.47. The largest absolute Gasteiger partial charge is 0.321 e. The van der Waals surface area contributed by atoms with Crippen LogP contribution in [0.5, 0.6) is 0 Å². The fourth-order valence-electron chi connectivity index (χ4n) is 1.58. The molecule has 0 aliphatic carbocycles. The third-order valence-corrected chi connectivity index (χ3v) is 4.56. The van der Waals surface area contributed by atoms with E-state index in [1.807, 2.05) is 37.4 Å². The predicted octanol–water partition coefficient (Wildman–Crippen LogP) is 5.03. The quantitative estimate of drug-likeness (QED) is 0.813. The Kier molecular flexibility index (Phi) is 4.10. The van der Waals surface area contributed by atoms with Gasteiger partial charge in [0.2, 0.25) is 0 Å². The van der Waals surface area contributed by atoms with Crippen LogP contribution in [0, 0.1) is 13.8 Å². The van der Waals surface area contributed by atoms with Gasteiger partial charge in [0.1, 0.15) is 4.88 Å². The molecule has 0 bridgehead atoms. The van der Waals surface area contributed by atoms with Crippen LogP contribution in [0.2, 0.25) is 5.02 Å². The minimum atomic E-state index is -0.171. The Balaban J connectivity index is 2.24. The van der Waals surface area contributed by atoms with Crippen LogP contribution in [0.25, 0.3) is 0 Å². The van der Waals surface area contributed by atoms with E-state index in [-0.39, 0.29) is 5.91 Å². The molecule has 0 aliphatic rings. The Labute approximate surface area is 123 Å². The number of thiophene rings is 1. The minimum absolute atomic E-state index is 0.171. The summed E-state index contributed by atoms with van der Waals surface area (Å²) < 4.78 is 0.936. The zero-order valence-corrected chi connectivity index (χ0v) is 13.0. The lowest BCUT2D eigenvalue weighted by Gasteiger charge is -2.06. The number of amides is 1. The van der Waals surface area contributed by atoms with Crippen molar-refractivity contribution in [3.63, 3.8) is 0 Å². The second kappa shape index (κ2) is 5.43. The van der Waals surface area contributed by atoms with Gasteiger partial charge in [-0.2, -0.15) is 0 Å². The van der Waals surface area contributed by atoms with Gasteiger partial charge in [0.25, 0.3) is 5.91 Å². The van der Waals surface area contributed by atoms with Crippen molar-refractivity contribution >= 4 is 50.5 Å². The Bertz CT molecular complexity index is 589. The molecule has 0 radical (unpaired) electrons. The first-order valence-electron chi connectivity index (χ1n) is 5.29. The molecule has 94 valence electrons. The summed E-state index contributed by atoms with van der Waals surface area (Å²) >= 11 is 10.8. The Morgan fingerprint density at radius 3 is 2.61 bits per heavy atom. The molecule has 1 N–H and O–H groups in total. The summed E-state index contributed by atoms with van der Waals surface area (Å²) in [7, 11) is 0. The van der Waals surface area contributed by atoms with Crippen LogP contribution in [0.1, 0.15) is 20.8 Å². The van der Waals surface area contributed by atoms with E-state index in [1.165, 1.54) is 11.3 Å². The number of rotatable bonds is 2. The fourth-order valence-corrected chi connectivity index (χ4v) is 3.36. The molecule has 1 aromatic carbocycles. The van der Waals surface area contributed by atoms with Gasteiger partial charge in [-0.3, -0.25) is 4.79 Å². The van der Waals surface area contributed by atoms with Gasteiger partial charge < -0.3 is 5.32 Å². The van der Waals surface area contributed by atoms with E-state index in [0.29, 0.717) is 9.90 Å². The molecule has 0 unspecified atom stereocenters. The molecule has 5 heteroatoms. The van der Waals surface area contributed by atoms with Crippen LogP contribution >= 0.6 is 38.9 Å². The van der Waals surface area contributed by atoms with Crippen molar-refractivity contribution in [3.8, 4) is 0 Å². The van der Waals surface area contributed by atoms with E-state index in [0.717, 1.165) is 21.3 Å². The van der Waals surface area contributed by atoms with Gasteiger partial charge in [-0.05, 0) is 48.6 Å². The van der Waals surface area contributed by atoms with Crippen LogP contribution < -0.4 is 5.32 Å². The van der Waals surface area contributed by atoms with Crippen LogP contribution in [0.4, 0.5) is 5.69 Å². The Hall–Kier alpha value is -0.840. The maximum Gasteiger partial charge on any atom is 0.267 e. The lowest BCUT2D eigenvalue weighted by Crippen LogP contribution is -2.10. The zero-order valence-electron chi connectivity index (χ0n) is 9.88. The monoisotopic (exact) mass is 343 g/mol. The number of hydrogen-bond donors (Lipinski definition) is 1. The van der Waals surface area contributed by atoms with Crippen molar-refractivity contribution in [3.05, 3.63) is 49.1 Å². The van der Waals surface area contributed by atoms with E-state index in [4.69, 9.17) is 11.6 Å². The molecule has 0 fully saturated rings. The number of aryl methyl sites for hydroxylation is 2. The van der Waals surface area contributed by atoms with Gasteiger partial charge in [-0.15, -0.1) is 11.3 Å². The van der Waals surface area contributed by atoms with E-state index in [2.05, 4.69) is 21.2 Å². The van der Waals surface area contributed by atoms with Crippen molar-refractivity contribution in [2.45, 2.75) is 13.8 Å². The van der Waals surface area contributed by atoms with Crippen molar-refractivity contribution in [2.24, 2.45) is 0 Å². The number of halogens is 2. The lowest BCUT2D eigenvalue weighted by molar-refractivity contribution is 0.103. The van der Waals surface area contributed by atoms with E-state index in [1.54, 1.807) is 0 Å².